The predicted molar refractivity (Wildman–Crippen MR) is 115 cm³/mol. The summed E-state index contributed by atoms with van der Waals surface area (Å²) >= 11 is 0. The van der Waals surface area contributed by atoms with Crippen LogP contribution in [-0.2, 0) is 0 Å². The number of benzene rings is 1. The summed E-state index contributed by atoms with van der Waals surface area (Å²) in [6.45, 7) is 7.86. The molecule has 1 unspecified atom stereocenters. The number of nitrogen functional groups attached to an aromatic ring is 1. The van der Waals surface area contributed by atoms with Crippen LogP contribution in [0.5, 0.6) is 11.5 Å². The Hall–Kier alpha value is -2.68. The molecule has 0 saturated carbocycles. The average Bonchev–Trinajstić information content (AvgIpc) is 2.76. The maximum absolute atomic E-state index is 10.2. The van der Waals surface area contributed by atoms with Gasteiger partial charge in [0.1, 0.15) is 24.2 Å². The molecular weight excluding hydrogens is 370 g/mol. The van der Waals surface area contributed by atoms with Crippen LogP contribution < -0.4 is 26.1 Å². The number of rotatable bonds is 14. The number of aliphatic hydroxyl groups is 1. The highest BCUT2D eigenvalue weighted by Crippen LogP contribution is 2.32. The number of anilines is 1. The Bertz CT molecular complexity index is 740. The summed E-state index contributed by atoms with van der Waals surface area (Å²) in [6, 6.07) is 9.04. The molecular formula is C21H31N5O3. The van der Waals surface area contributed by atoms with Gasteiger partial charge in [0.05, 0.1) is 12.3 Å². The first-order valence-electron chi connectivity index (χ1n) is 9.88. The highest BCUT2D eigenvalue weighted by Gasteiger charge is 2.13. The zero-order chi connectivity index (χ0) is 20.9. The Balaban J connectivity index is 2.11. The topological polar surface area (TPSA) is 115 Å². The highest BCUT2D eigenvalue weighted by molar-refractivity contribution is 5.68. The van der Waals surface area contributed by atoms with Crippen molar-refractivity contribution in [2.45, 2.75) is 32.3 Å². The summed E-state index contributed by atoms with van der Waals surface area (Å²) in [6.07, 6.45) is 4.12. The zero-order valence-corrected chi connectivity index (χ0v) is 16.9. The molecule has 0 bridgehead atoms. The van der Waals surface area contributed by atoms with E-state index in [1.165, 1.54) is 0 Å². The number of hydrazine groups is 1. The molecule has 1 aromatic carbocycles. The van der Waals surface area contributed by atoms with Crippen LogP contribution in [0.4, 0.5) is 5.82 Å². The Morgan fingerprint density at radius 2 is 2.10 bits per heavy atom. The lowest BCUT2D eigenvalue weighted by Crippen LogP contribution is -2.32. The minimum atomic E-state index is -0.625. The molecule has 2 aromatic rings. The number of nitrogens with two attached hydrogens (primary N) is 1. The number of nitrogens with one attached hydrogen (secondary N) is 2. The van der Waals surface area contributed by atoms with Crippen LogP contribution in [-0.4, -0.2) is 47.7 Å². The first kappa shape index (κ1) is 22.6. The molecule has 1 atom stereocenters. The number of hydrogen-bond donors (Lipinski definition) is 4. The summed E-state index contributed by atoms with van der Waals surface area (Å²) in [4.78, 5) is 0. The minimum Gasteiger partial charge on any atom is -0.493 e. The fourth-order valence-corrected chi connectivity index (χ4v) is 2.55. The van der Waals surface area contributed by atoms with Crippen LogP contribution in [0, 0.1) is 0 Å². The van der Waals surface area contributed by atoms with E-state index in [1.807, 2.05) is 12.1 Å². The number of ether oxygens (including phenoxy) is 2. The van der Waals surface area contributed by atoms with E-state index in [4.69, 9.17) is 15.3 Å². The lowest BCUT2D eigenvalue weighted by Gasteiger charge is -2.16. The molecule has 0 aliphatic heterocycles. The SMILES string of the molecule is C=CCCOc1ccc(-c2ccc(NN)nn2)c(OCC(O)CNCCCC)c1. The van der Waals surface area contributed by atoms with Gasteiger partial charge in [-0.1, -0.05) is 19.4 Å². The van der Waals surface area contributed by atoms with Crippen molar-refractivity contribution in [3.63, 3.8) is 0 Å². The van der Waals surface area contributed by atoms with Crippen molar-refractivity contribution in [1.82, 2.24) is 15.5 Å². The van der Waals surface area contributed by atoms with E-state index in [1.54, 1.807) is 24.3 Å². The molecule has 0 amide bonds. The Labute approximate surface area is 172 Å². The summed E-state index contributed by atoms with van der Waals surface area (Å²) < 4.78 is 11.6. The van der Waals surface area contributed by atoms with Crippen molar-refractivity contribution >= 4 is 5.82 Å². The predicted octanol–water partition coefficient (Wildman–Crippen LogP) is 2.51. The van der Waals surface area contributed by atoms with E-state index >= 15 is 0 Å². The van der Waals surface area contributed by atoms with Gasteiger partial charge in [0.2, 0.25) is 0 Å². The van der Waals surface area contributed by atoms with Gasteiger partial charge in [0.15, 0.2) is 5.82 Å². The van der Waals surface area contributed by atoms with Crippen molar-refractivity contribution in [3.05, 3.63) is 43.0 Å². The summed E-state index contributed by atoms with van der Waals surface area (Å²) in [5.74, 6) is 7.06. The lowest BCUT2D eigenvalue weighted by molar-refractivity contribution is 0.106. The number of hydrogen-bond acceptors (Lipinski definition) is 8. The van der Waals surface area contributed by atoms with E-state index < -0.39 is 6.10 Å². The zero-order valence-electron chi connectivity index (χ0n) is 16.9. The molecule has 0 fully saturated rings. The Kier molecular flexibility index (Phi) is 9.91. The largest absolute Gasteiger partial charge is 0.493 e. The van der Waals surface area contributed by atoms with Crippen molar-refractivity contribution in [3.8, 4) is 22.8 Å². The minimum absolute atomic E-state index is 0.151. The van der Waals surface area contributed by atoms with Crippen LogP contribution in [0.25, 0.3) is 11.3 Å². The third-order valence-electron chi connectivity index (χ3n) is 4.15. The molecule has 1 heterocycles. The van der Waals surface area contributed by atoms with Crippen LogP contribution >= 0.6 is 0 Å². The van der Waals surface area contributed by atoms with Crippen molar-refractivity contribution in [1.29, 1.82) is 0 Å². The fourth-order valence-electron chi connectivity index (χ4n) is 2.55. The number of nitrogens with zero attached hydrogens (tertiary/aromatic N) is 2. The Morgan fingerprint density at radius 3 is 2.79 bits per heavy atom. The third kappa shape index (κ3) is 7.69. The van der Waals surface area contributed by atoms with Crippen LogP contribution in [0.2, 0.25) is 0 Å². The van der Waals surface area contributed by atoms with Gasteiger partial charge in [-0.15, -0.1) is 16.8 Å². The van der Waals surface area contributed by atoms with Gasteiger partial charge in [0.25, 0.3) is 0 Å². The molecule has 5 N–H and O–H groups in total. The standard InChI is InChI=1S/C21H31N5O3/c1-3-5-11-23-14-16(27)15-29-20-13-17(28-12-6-4-2)7-8-18(20)19-9-10-21(24-22)26-25-19/h4,7-10,13,16,23,27H,2-3,5-6,11-12,14-15,22H2,1H3,(H,24,26). The molecule has 29 heavy (non-hydrogen) atoms. The molecule has 0 saturated heterocycles. The smallest absolute Gasteiger partial charge is 0.162 e. The maximum Gasteiger partial charge on any atom is 0.162 e. The van der Waals surface area contributed by atoms with Gasteiger partial charge in [-0.05, 0) is 43.7 Å². The second-order valence-corrected chi connectivity index (χ2v) is 6.55. The van der Waals surface area contributed by atoms with Gasteiger partial charge in [-0.25, -0.2) is 5.84 Å². The van der Waals surface area contributed by atoms with Crippen LogP contribution in [0.15, 0.2) is 43.0 Å². The monoisotopic (exact) mass is 401 g/mol. The van der Waals surface area contributed by atoms with Gasteiger partial charge >= 0.3 is 0 Å². The molecule has 0 spiro atoms. The summed E-state index contributed by atoms with van der Waals surface area (Å²) in [5.41, 5.74) is 3.84. The molecule has 0 aliphatic rings. The molecule has 2 rings (SSSR count). The number of aromatic nitrogens is 2. The quantitative estimate of drug-likeness (QED) is 0.165. The second-order valence-electron chi connectivity index (χ2n) is 6.55. The second kappa shape index (κ2) is 12.7. The third-order valence-corrected chi connectivity index (χ3v) is 4.15. The van der Waals surface area contributed by atoms with Gasteiger partial charge < -0.3 is 25.3 Å². The van der Waals surface area contributed by atoms with Gasteiger partial charge in [-0.2, -0.15) is 0 Å². The van der Waals surface area contributed by atoms with Crippen molar-refractivity contribution in [2.24, 2.45) is 5.84 Å². The average molecular weight is 402 g/mol. The van der Waals surface area contributed by atoms with E-state index in [0.717, 1.165) is 31.4 Å². The number of unbranched alkanes of at least 4 members (excludes halogenated alkanes) is 1. The summed E-state index contributed by atoms with van der Waals surface area (Å²) in [5, 5.41) is 21.6. The van der Waals surface area contributed by atoms with E-state index in [2.05, 4.69) is 34.4 Å². The van der Waals surface area contributed by atoms with E-state index in [0.29, 0.717) is 36.2 Å². The van der Waals surface area contributed by atoms with E-state index in [9.17, 15) is 5.11 Å². The normalized spacial score (nSPS) is 11.7. The van der Waals surface area contributed by atoms with Crippen LogP contribution in [0.3, 0.4) is 0 Å². The number of aliphatic hydroxyl groups excluding tert-OH is 1. The Morgan fingerprint density at radius 1 is 1.24 bits per heavy atom. The molecule has 0 radical (unpaired) electrons. The first-order chi connectivity index (χ1) is 14.2. The first-order valence-corrected chi connectivity index (χ1v) is 9.88. The molecule has 0 aliphatic carbocycles. The van der Waals surface area contributed by atoms with Crippen molar-refractivity contribution in [2.75, 3.05) is 31.7 Å². The molecule has 8 heteroatoms. The van der Waals surface area contributed by atoms with Gasteiger partial charge in [-0.3, -0.25) is 0 Å². The molecule has 158 valence electrons. The molecule has 1 aromatic heterocycles. The van der Waals surface area contributed by atoms with Crippen LogP contribution in [0.1, 0.15) is 26.2 Å². The summed E-state index contributed by atoms with van der Waals surface area (Å²) in [7, 11) is 0. The van der Waals surface area contributed by atoms with Crippen molar-refractivity contribution < 1.29 is 14.6 Å². The highest BCUT2D eigenvalue weighted by atomic mass is 16.5. The van der Waals surface area contributed by atoms with E-state index in [-0.39, 0.29) is 6.61 Å². The van der Waals surface area contributed by atoms with Gasteiger partial charge in [0, 0.05) is 18.2 Å². The fraction of sp³-hybridized carbons (Fsp3) is 0.429. The maximum atomic E-state index is 10.2. The lowest BCUT2D eigenvalue weighted by atomic mass is 10.1. The molecule has 8 nitrogen and oxygen atoms in total.